The van der Waals surface area contributed by atoms with Gasteiger partial charge >= 0.3 is 0 Å². The lowest BCUT2D eigenvalue weighted by Crippen LogP contribution is -2.53. The van der Waals surface area contributed by atoms with Crippen molar-refractivity contribution in [2.75, 3.05) is 39.8 Å². The quantitative estimate of drug-likeness (QED) is 0.773. The fourth-order valence-corrected chi connectivity index (χ4v) is 4.48. The average Bonchev–Trinajstić information content (AvgIpc) is 3.06. The summed E-state index contributed by atoms with van der Waals surface area (Å²) in [6, 6.07) is 0.514. The van der Waals surface area contributed by atoms with Crippen molar-refractivity contribution in [2.45, 2.75) is 38.3 Å². The molecule has 0 radical (unpaired) electrons. The van der Waals surface area contributed by atoms with Crippen LogP contribution in [0.25, 0.3) is 0 Å². The highest BCUT2D eigenvalue weighted by atomic mass is 16.2. The van der Waals surface area contributed by atoms with Crippen LogP contribution < -0.4 is 11.1 Å². The van der Waals surface area contributed by atoms with Crippen LogP contribution in [0.3, 0.4) is 0 Å². The Balaban J connectivity index is 1.45. The van der Waals surface area contributed by atoms with E-state index in [9.17, 15) is 4.79 Å². The number of rotatable bonds is 4. The lowest BCUT2D eigenvalue weighted by molar-refractivity contribution is -0.127. The number of nitrogens with two attached hydrogens (primary N) is 1. The highest BCUT2D eigenvalue weighted by Crippen LogP contribution is 2.47. The van der Waals surface area contributed by atoms with Gasteiger partial charge in [-0.1, -0.05) is 0 Å². The number of nitrogens with zero attached hydrogens (tertiary/aromatic N) is 2. The monoisotopic (exact) mass is 294 g/mol. The second kappa shape index (κ2) is 6.23. The largest absolute Gasteiger partial charge is 0.354 e. The summed E-state index contributed by atoms with van der Waals surface area (Å²) in [5.74, 6) is 1.42. The Kier molecular flexibility index (Phi) is 4.52. The van der Waals surface area contributed by atoms with E-state index in [-0.39, 0.29) is 17.9 Å². The molecule has 0 spiro atoms. The van der Waals surface area contributed by atoms with Gasteiger partial charge in [-0.3, -0.25) is 9.69 Å². The summed E-state index contributed by atoms with van der Waals surface area (Å²) in [6.07, 6.45) is 3.60. The van der Waals surface area contributed by atoms with Crippen LogP contribution in [-0.2, 0) is 4.79 Å². The van der Waals surface area contributed by atoms with E-state index in [1.807, 2.05) is 0 Å². The predicted octanol–water partition coefficient (Wildman–Crippen LogP) is 0.112. The molecular weight excluding hydrogens is 264 g/mol. The number of nitrogens with one attached hydrogen (secondary N) is 1. The maximum atomic E-state index is 12.5. The first-order valence-electron chi connectivity index (χ1n) is 8.52. The first-order valence-corrected chi connectivity index (χ1v) is 8.52. The van der Waals surface area contributed by atoms with Crippen LogP contribution in [0, 0.1) is 17.8 Å². The van der Waals surface area contributed by atoms with Gasteiger partial charge in [-0.15, -0.1) is 0 Å². The van der Waals surface area contributed by atoms with Crippen LogP contribution in [0.1, 0.15) is 26.2 Å². The molecule has 2 saturated carbocycles. The van der Waals surface area contributed by atoms with Gasteiger partial charge in [0.25, 0.3) is 0 Å². The SMILES string of the molecule is CC(CNC(=O)C1C2CCC(C2)C1N)N1CCN(C)CC1. The Morgan fingerprint density at radius 2 is 1.90 bits per heavy atom. The van der Waals surface area contributed by atoms with Crippen molar-refractivity contribution in [2.24, 2.45) is 23.5 Å². The third-order valence-corrected chi connectivity index (χ3v) is 6.02. The van der Waals surface area contributed by atoms with Gasteiger partial charge in [-0.05, 0) is 45.1 Å². The number of piperazine rings is 1. The molecule has 2 aliphatic carbocycles. The number of likely N-dealkylation sites (N-methyl/N-ethyl adjacent to an activating group) is 1. The van der Waals surface area contributed by atoms with Crippen molar-refractivity contribution in [3.8, 4) is 0 Å². The second-order valence-electron chi connectivity index (χ2n) is 7.37. The molecule has 0 aromatic carbocycles. The number of hydrogen-bond acceptors (Lipinski definition) is 4. The lowest BCUT2D eigenvalue weighted by Gasteiger charge is -2.36. The van der Waals surface area contributed by atoms with E-state index in [1.165, 1.54) is 19.3 Å². The number of carbonyl (C=O) groups excluding carboxylic acids is 1. The molecule has 5 atom stereocenters. The van der Waals surface area contributed by atoms with Crippen molar-refractivity contribution in [1.29, 1.82) is 0 Å². The van der Waals surface area contributed by atoms with Crippen LogP contribution in [-0.4, -0.2) is 67.6 Å². The van der Waals surface area contributed by atoms with Gasteiger partial charge in [0.1, 0.15) is 0 Å². The fraction of sp³-hybridized carbons (Fsp3) is 0.938. The van der Waals surface area contributed by atoms with Crippen molar-refractivity contribution in [3.63, 3.8) is 0 Å². The Morgan fingerprint density at radius 1 is 1.24 bits per heavy atom. The summed E-state index contributed by atoms with van der Waals surface area (Å²) in [5, 5.41) is 3.17. The molecule has 120 valence electrons. The van der Waals surface area contributed by atoms with E-state index in [2.05, 4.69) is 29.1 Å². The molecule has 1 saturated heterocycles. The van der Waals surface area contributed by atoms with Gasteiger partial charge in [0.2, 0.25) is 5.91 Å². The summed E-state index contributed by atoms with van der Waals surface area (Å²) >= 11 is 0. The van der Waals surface area contributed by atoms with Gasteiger partial charge in [0.05, 0.1) is 5.92 Å². The zero-order valence-corrected chi connectivity index (χ0v) is 13.4. The van der Waals surface area contributed by atoms with E-state index >= 15 is 0 Å². The molecule has 0 aromatic rings. The first-order chi connectivity index (χ1) is 10.1. The maximum absolute atomic E-state index is 12.5. The molecule has 3 aliphatic rings. The van der Waals surface area contributed by atoms with Crippen molar-refractivity contribution >= 4 is 5.91 Å². The highest BCUT2D eigenvalue weighted by Gasteiger charge is 2.49. The van der Waals surface area contributed by atoms with Crippen LogP contribution in [0.4, 0.5) is 0 Å². The topological polar surface area (TPSA) is 61.6 Å². The molecular formula is C16H30N4O. The summed E-state index contributed by atoms with van der Waals surface area (Å²) in [6.45, 7) is 7.41. The summed E-state index contributed by atoms with van der Waals surface area (Å²) in [4.78, 5) is 17.3. The molecule has 0 aromatic heterocycles. The maximum Gasteiger partial charge on any atom is 0.225 e. The van der Waals surface area contributed by atoms with Gasteiger partial charge < -0.3 is 16.0 Å². The zero-order chi connectivity index (χ0) is 15.0. The molecule has 21 heavy (non-hydrogen) atoms. The lowest BCUT2D eigenvalue weighted by atomic mass is 9.84. The van der Waals surface area contributed by atoms with Crippen molar-refractivity contribution in [1.82, 2.24) is 15.1 Å². The number of amides is 1. The van der Waals surface area contributed by atoms with E-state index in [4.69, 9.17) is 5.73 Å². The Morgan fingerprint density at radius 3 is 2.52 bits per heavy atom. The third kappa shape index (κ3) is 3.10. The van der Waals surface area contributed by atoms with Gasteiger partial charge in [-0.2, -0.15) is 0 Å². The fourth-order valence-electron chi connectivity index (χ4n) is 4.48. The van der Waals surface area contributed by atoms with Gasteiger partial charge in [-0.25, -0.2) is 0 Å². The van der Waals surface area contributed by atoms with Crippen LogP contribution in [0.15, 0.2) is 0 Å². The summed E-state index contributed by atoms with van der Waals surface area (Å²) < 4.78 is 0. The number of hydrogen-bond donors (Lipinski definition) is 2. The summed E-state index contributed by atoms with van der Waals surface area (Å²) in [7, 11) is 2.17. The second-order valence-corrected chi connectivity index (χ2v) is 7.37. The molecule has 5 nitrogen and oxygen atoms in total. The van der Waals surface area contributed by atoms with Crippen molar-refractivity contribution in [3.05, 3.63) is 0 Å². The highest BCUT2D eigenvalue weighted by molar-refractivity contribution is 5.80. The molecule has 3 N–H and O–H groups in total. The minimum atomic E-state index is 0.0726. The van der Waals surface area contributed by atoms with Crippen LogP contribution in [0.2, 0.25) is 0 Å². The van der Waals surface area contributed by atoms with Crippen LogP contribution in [0.5, 0.6) is 0 Å². The third-order valence-electron chi connectivity index (χ3n) is 6.02. The van der Waals surface area contributed by atoms with Gasteiger partial charge in [0.15, 0.2) is 0 Å². The molecule has 2 bridgehead atoms. The molecule has 3 fully saturated rings. The van der Waals surface area contributed by atoms with Gasteiger partial charge in [0, 0.05) is 44.8 Å². The first kappa shape index (κ1) is 15.3. The minimum Gasteiger partial charge on any atom is -0.354 e. The Hall–Kier alpha value is -0.650. The Labute approximate surface area is 128 Å². The average molecular weight is 294 g/mol. The smallest absolute Gasteiger partial charge is 0.225 e. The van der Waals surface area contributed by atoms with E-state index in [0.29, 0.717) is 17.9 Å². The standard InChI is InChI=1S/C16H30N4O/c1-11(20-7-5-19(2)6-8-20)10-18-16(21)14-12-3-4-13(9-12)15(14)17/h11-15H,3-10,17H2,1-2H3,(H,18,21). The normalized spacial score (nSPS) is 38.6. The molecule has 1 heterocycles. The molecule has 1 aliphatic heterocycles. The molecule has 3 rings (SSSR count). The minimum absolute atomic E-state index is 0.0726. The van der Waals surface area contributed by atoms with E-state index in [1.54, 1.807) is 0 Å². The molecule has 5 heteroatoms. The van der Waals surface area contributed by atoms with Crippen molar-refractivity contribution < 1.29 is 4.79 Å². The Bertz CT molecular complexity index is 378. The van der Waals surface area contributed by atoms with E-state index in [0.717, 1.165) is 32.7 Å². The summed E-state index contributed by atoms with van der Waals surface area (Å²) in [5.41, 5.74) is 6.25. The predicted molar refractivity (Wildman–Crippen MR) is 83.8 cm³/mol. The van der Waals surface area contributed by atoms with E-state index < -0.39 is 0 Å². The molecule has 1 amide bonds. The number of fused-ring (bicyclic) bond motifs is 2. The zero-order valence-electron chi connectivity index (χ0n) is 13.4. The molecule has 5 unspecified atom stereocenters. The van der Waals surface area contributed by atoms with Crippen LogP contribution >= 0.6 is 0 Å². The number of carbonyl (C=O) groups is 1.